The monoisotopic (exact) mass is 621 g/mol. The summed E-state index contributed by atoms with van der Waals surface area (Å²) in [6.45, 7) is 0. The van der Waals surface area contributed by atoms with Crippen molar-refractivity contribution in [3.8, 4) is 0 Å². The van der Waals surface area contributed by atoms with Crippen LogP contribution in [0.5, 0.6) is 0 Å². The third-order valence-electron chi connectivity index (χ3n) is 3.30. The molecule has 0 spiro atoms. The van der Waals surface area contributed by atoms with Crippen LogP contribution in [0.1, 0.15) is 0 Å². The Bertz CT molecular complexity index is 948. The Morgan fingerprint density at radius 3 is 1.26 bits per heavy atom. The quantitative estimate of drug-likeness (QED) is 0.0590. The summed E-state index contributed by atoms with van der Waals surface area (Å²) < 4.78 is 277. The lowest BCUT2D eigenvalue weighted by molar-refractivity contribution is -0.562. The molecule has 0 rings (SSSR count). The molecule has 224 valence electrons. The second-order valence-corrected chi connectivity index (χ2v) is 5.88. The van der Waals surface area contributed by atoms with E-state index in [1.165, 1.54) is 9.47 Å². The Kier molecular flexibility index (Phi) is 9.10. The van der Waals surface area contributed by atoms with Gasteiger partial charge in [0.15, 0.2) is 0 Å². The van der Waals surface area contributed by atoms with Gasteiger partial charge in [-0.2, -0.15) is 92.2 Å². The van der Waals surface area contributed by atoms with E-state index in [4.69, 9.17) is 5.53 Å². The van der Waals surface area contributed by atoms with Crippen LogP contribution in [0.3, 0.4) is 0 Å². The van der Waals surface area contributed by atoms with E-state index < -0.39 is 66.5 Å². The van der Waals surface area contributed by atoms with E-state index in [0.29, 0.717) is 10.0 Å². The first-order valence-corrected chi connectivity index (χ1v) is 7.57. The maximum absolute atomic E-state index is 14.3. The molecule has 0 aliphatic heterocycles. The van der Waals surface area contributed by atoms with Crippen molar-refractivity contribution in [3.05, 3.63) is 22.5 Å². The number of halogens is 21. The third kappa shape index (κ3) is 5.97. The summed E-state index contributed by atoms with van der Waals surface area (Å²) in [6.07, 6.45) is -44.4. The van der Waals surface area contributed by atoms with Gasteiger partial charge < -0.3 is 4.74 Å². The average Bonchev–Trinajstić information content (AvgIpc) is 2.64. The van der Waals surface area contributed by atoms with Gasteiger partial charge in [0.05, 0.1) is 0 Å². The maximum Gasteiger partial charge on any atom is 0.471 e. The molecule has 0 saturated carbocycles. The highest BCUT2D eigenvalue weighted by Gasteiger charge is 2.87. The SMILES string of the molecule is [N-]=[N+]=NC(F)(F)C(F)(OC(F)(F)C(F)(F)C(F)(F)F)C(F)(F)OC(F)(C(F)(F)F)C(F)(F)OC(F)=C(F)F. The molecule has 0 aromatic rings. The van der Waals surface area contributed by atoms with Crippen molar-refractivity contribution in [1.29, 1.82) is 0 Å². The molecule has 0 aromatic carbocycles. The fourth-order valence-electron chi connectivity index (χ4n) is 1.56. The first-order chi connectivity index (χ1) is 16.3. The highest BCUT2D eigenvalue weighted by atomic mass is 19.4. The summed E-state index contributed by atoms with van der Waals surface area (Å²) in [5.74, 6) is -24.5. The second-order valence-electron chi connectivity index (χ2n) is 5.88. The van der Waals surface area contributed by atoms with Gasteiger partial charge in [-0.1, -0.05) is 0 Å². The highest BCUT2D eigenvalue weighted by molar-refractivity contribution is 4.99. The van der Waals surface area contributed by atoms with E-state index in [2.05, 4.69) is 0 Å². The van der Waals surface area contributed by atoms with Gasteiger partial charge in [0.1, 0.15) is 0 Å². The van der Waals surface area contributed by atoms with Crippen molar-refractivity contribution in [2.75, 3.05) is 0 Å². The Morgan fingerprint density at radius 2 is 0.947 bits per heavy atom. The average molecular weight is 621 g/mol. The summed E-state index contributed by atoms with van der Waals surface area (Å²) in [5.41, 5.74) is 7.70. The van der Waals surface area contributed by atoms with Gasteiger partial charge in [-0.25, -0.2) is 0 Å². The normalized spacial score (nSPS) is 17.7. The van der Waals surface area contributed by atoms with E-state index in [1.54, 1.807) is 4.74 Å². The minimum absolute atomic E-state index is 0.488. The molecule has 27 heteroatoms. The predicted octanol–water partition coefficient (Wildman–Crippen LogP) is 7.84. The number of azide groups is 1. The third-order valence-corrected chi connectivity index (χ3v) is 3.30. The van der Waals surface area contributed by atoms with E-state index in [0.717, 1.165) is 0 Å². The predicted molar refractivity (Wildman–Crippen MR) is 67.3 cm³/mol. The largest absolute Gasteiger partial charge is 0.471 e. The van der Waals surface area contributed by atoms with E-state index >= 15 is 0 Å². The zero-order chi connectivity index (χ0) is 31.2. The van der Waals surface area contributed by atoms with Crippen molar-refractivity contribution >= 4 is 0 Å². The molecule has 0 radical (unpaired) electrons. The van der Waals surface area contributed by atoms with Crippen LogP contribution in [-0.4, -0.2) is 54.4 Å². The van der Waals surface area contributed by atoms with Crippen LogP contribution in [0.15, 0.2) is 17.2 Å². The van der Waals surface area contributed by atoms with Crippen LogP contribution < -0.4 is 0 Å². The summed E-state index contributed by atoms with van der Waals surface area (Å²) in [7, 11) is 0. The van der Waals surface area contributed by atoms with Gasteiger partial charge in [0.2, 0.25) is 0 Å². The number of nitrogens with zero attached hydrogens (tertiary/aromatic N) is 3. The lowest BCUT2D eigenvalue weighted by Gasteiger charge is -2.42. The van der Waals surface area contributed by atoms with Gasteiger partial charge in [-0.3, -0.25) is 9.47 Å². The Hall–Kier alpha value is -2.70. The summed E-state index contributed by atoms with van der Waals surface area (Å²) in [6, 6.07) is -11.8. The second kappa shape index (κ2) is 9.80. The number of ether oxygens (including phenoxy) is 3. The molecular formula is C11F21N3O3. The standard InChI is InChI=1S/C11F21N3O3/c12-1(13)2(14)36-10(29,30)4(17,7(22,23)24)37-11(31,32)5(18,8(25,26)34-35-33)38-9(27,28)3(15,16)6(19,20)21. The number of rotatable bonds is 11. The Balaban J connectivity index is 7.31. The van der Waals surface area contributed by atoms with Crippen molar-refractivity contribution in [3.63, 3.8) is 0 Å². The van der Waals surface area contributed by atoms with Crippen LogP contribution in [0.25, 0.3) is 10.4 Å². The number of alkyl halides is 18. The van der Waals surface area contributed by atoms with Crippen molar-refractivity contribution in [2.45, 2.75) is 54.4 Å². The Labute approximate surface area is 190 Å². The van der Waals surface area contributed by atoms with Gasteiger partial charge in [0.25, 0.3) is 0 Å². The molecule has 0 aliphatic rings. The molecule has 2 unspecified atom stereocenters. The molecular weight excluding hydrogens is 621 g/mol. The zero-order valence-corrected chi connectivity index (χ0v) is 16.0. The van der Waals surface area contributed by atoms with E-state index in [-0.39, 0.29) is 0 Å². The van der Waals surface area contributed by atoms with E-state index in [1.807, 2.05) is 0 Å². The maximum atomic E-state index is 14.3. The van der Waals surface area contributed by atoms with Crippen molar-refractivity contribution < 1.29 is 106 Å². The molecule has 2 atom stereocenters. The van der Waals surface area contributed by atoms with Gasteiger partial charge in [-0.15, -0.1) is 0 Å². The summed E-state index contributed by atoms with van der Waals surface area (Å²) in [4.78, 5) is 0.664. The van der Waals surface area contributed by atoms with Crippen LogP contribution in [0.4, 0.5) is 92.2 Å². The lowest BCUT2D eigenvalue weighted by Crippen LogP contribution is -2.70. The first-order valence-electron chi connectivity index (χ1n) is 7.57. The van der Waals surface area contributed by atoms with Crippen LogP contribution in [0, 0.1) is 0 Å². The molecule has 0 aromatic heterocycles. The van der Waals surface area contributed by atoms with Crippen LogP contribution in [-0.2, 0) is 14.2 Å². The highest BCUT2D eigenvalue weighted by Crippen LogP contribution is 2.58. The fourth-order valence-corrected chi connectivity index (χ4v) is 1.56. The van der Waals surface area contributed by atoms with Gasteiger partial charge in [-0.05, 0) is 10.6 Å². The summed E-state index contributed by atoms with van der Waals surface area (Å²) in [5, 5.41) is 0.488. The first kappa shape index (κ1) is 35.3. The van der Waals surface area contributed by atoms with Crippen LogP contribution >= 0.6 is 0 Å². The van der Waals surface area contributed by atoms with Gasteiger partial charge in [0, 0.05) is 4.91 Å². The number of hydrogen-bond donors (Lipinski definition) is 0. The molecule has 0 fully saturated rings. The lowest BCUT2D eigenvalue weighted by atomic mass is 10.2. The molecule has 0 bridgehead atoms. The fraction of sp³-hybridized carbons (Fsp3) is 0.818. The molecule has 38 heavy (non-hydrogen) atoms. The molecule has 0 aliphatic carbocycles. The summed E-state index contributed by atoms with van der Waals surface area (Å²) >= 11 is 0. The molecule has 0 saturated heterocycles. The number of hydrogen-bond acceptors (Lipinski definition) is 4. The molecule has 6 nitrogen and oxygen atoms in total. The smallest absolute Gasteiger partial charge is 0.398 e. The Morgan fingerprint density at radius 1 is 0.553 bits per heavy atom. The molecule has 0 N–H and O–H groups in total. The van der Waals surface area contributed by atoms with Crippen molar-refractivity contribution in [1.82, 2.24) is 0 Å². The minimum atomic E-state index is -8.40. The molecule has 0 heterocycles. The minimum Gasteiger partial charge on any atom is -0.398 e. The zero-order valence-electron chi connectivity index (χ0n) is 16.0. The van der Waals surface area contributed by atoms with E-state index in [9.17, 15) is 92.2 Å². The van der Waals surface area contributed by atoms with Gasteiger partial charge >= 0.3 is 66.5 Å². The van der Waals surface area contributed by atoms with Crippen LogP contribution in [0.2, 0.25) is 0 Å². The topological polar surface area (TPSA) is 76.5 Å². The van der Waals surface area contributed by atoms with Crippen molar-refractivity contribution in [2.24, 2.45) is 5.11 Å². The molecule has 0 amide bonds.